The number of methoxy groups -OCH3 is 1. The molecule has 0 bridgehead atoms. The quantitative estimate of drug-likeness (QED) is 0.475. The van der Waals surface area contributed by atoms with Crippen LogP contribution in [0.15, 0.2) is 90.1 Å². The summed E-state index contributed by atoms with van der Waals surface area (Å²) in [5.74, 6) is 0.306. The standard InChI is InChI=1S/C25H22ClN3O2S/c1-16-22(24(30)27-20-14-8-9-15-21(20)31-2)23(18-12-6-7-13-19(18)26)28-25(32)29(16)17-10-4-3-5-11-17/h3-15,23H,1-2H3,(H,27,30)(H,28,32). The second kappa shape index (κ2) is 9.42. The van der Waals surface area contributed by atoms with Crippen LogP contribution in [0, 0.1) is 0 Å². The van der Waals surface area contributed by atoms with Crippen LogP contribution >= 0.6 is 23.8 Å². The Kier molecular flexibility index (Phi) is 6.44. The number of nitrogens with zero attached hydrogens (tertiary/aromatic N) is 1. The van der Waals surface area contributed by atoms with Crippen molar-refractivity contribution in [3.05, 3.63) is 101 Å². The lowest BCUT2D eigenvalue weighted by Crippen LogP contribution is -2.48. The third-order valence-electron chi connectivity index (χ3n) is 5.32. The molecule has 162 valence electrons. The van der Waals surface area contributed by atoms with Crippen molar-refractivity contribution in [1.29, 1.82) is 0 Å². The average Bonchev–Trinajstić information content (AvgIpc) is 2.80. The predicted molar refractivity (Wildman–Crippen MR) is 133 cm³/mol. The molecule has 1 atom stereocenters. The third kappa shape index (κ3) is 4.20. The first-order valence-corrected chi connectivity index (χ1v) is 10.8. The number of carbonyl (C=O) groups excluding carboxylic acids is 1. The Morgan fingerprint density at radius 2 is 1.69 bits per heavy atom. The number of hydrogen-bond donors (Lipinski definition) is 2. The molecule has 0 radical (unpaired) electrons. The minimum absolute atomic E-state index is 0.271. The maximum Gasteiger partial charge on any atom is 0.255 e. The van der Waals surface area contributed by atoms with Gasteiger partial charge in [0, 0.05) is 16.4 Å². The molecule has 0 spiro atoms. The molecule has 0 aromatic heterocycles. The van der Waals surface area contributed by atoms with Gasteiger partial charge in [0.25, 0.3) is 5.91 Å². The van der Waals surface area contributed by atoms with Gasteiger partial charge in [0.15, 0.2) is 5.11 Å². The van der Waals surface area contributed by atoms with Gasteiger partial charge in [0.05, 0.1) is 24.4 Å². The minimum atomic E-state index is -0.508. The molecule has 5 nitrogen and oxygen atoms in total. The van der Waals surface area contributed by atoms with Gasteiger partial charge < -0.3 is 15.4 Å². The Balaban J connectivity index is 1.83. The monoisotopic (exact) mass is 463 g/mol. The summed E-state index contributed by atoms with van der Waals surface area (Å²) < 4.78 is 5.40. The Hall–Kier alpha value is -3.35. The van der Waals surface area contributed by atoms with E-state index in [2.05, 4.69) is 10.6 Å². The predicted octanol–water partition coefficient (Wildman–Crippen LogP) is 5.70. The number of rotatable bonds is 5. The first-order valence-electron chi connectivity index (χ1n) is 10.1. The Morgan fingerprint density at radius 3 is 2.41 bits per heavy atom. The fraction of sp³-hybridized carbons (Fsp3) is 0.120. The van der Waals surface area contributed by atoms with Crippen LogP contribution in [0.4, 0.5) is 11.4 Å². The number of amides is 1. The summed E-state index contributed by atoms with van der Waals surface area (Å²) in [6, 6.07) is 23.9. The molecule has 3 aromatic carbocycles. The number of carbonyl (C=O) groups is 1. The topological polar surface area (TPSA) is 53.6 Å². The molecule has 0 aliphatic carbocycles. The Labute approximate surface area is 197 Å². The highest BCUT2D eigenvalue weighted by Crippen LogP contribution is 2.37. The maximum absolute atomic E-state index is 13.6. The zero-order valence-corrected chi connectivity index (χ0v) is 19.2. The molecule has 0 saturated carbocycles. The smallest absolute Gasteiger partial charge is 0.255 e. The van der Waals surface area contributed by atoms with E-state index in [4.69, 9.17) is 28.6 Å². The summed E-state index contributed by atoms with van der Waals surface area (Å²) in [6.45, 7) is 1.89. The first-order chi connectivity index (χ1) is 15.5. The summed E-state index contributed by atoms with van der Waals surface area (Å²) in [5, 5.41) is 7.36. The number of ether oxygens (including phenoxy) is 1. The van der Waals surface area contributed by atoms with Crippen LogP contribution in [0.5, 0.6) is 5.75 Å². The Bertz CT molecular complexity index is 1200. The van der Waals surface area contributed by atoms with Gasteiger partial charge in [-0.25, -0.2) is 0 Å². The summed E-state index contributed by atoms with van der Waals surface area (Å²) in [6.07, 6.45) is 0. The number of thiocarbonyl (C=S) groups is 1. The van der Waals surface area contributed by atoms with Crippen LogP contribution in [0.25, 0.3) is 0 Å². The lowest BCUT2D eigenvalue weighted by Gasteiger charge is -2.38. The summed E-state index contributed by atoms with van der Waals surface area (Å²) in [5.41, 5.74) is 3.45. The summed E-state index contributed by atoms with van der Waals surface area (Å²) in [7, 11) is 1.57. The molecule has 4 rings (SSSR count). The zero-order valence-electron chi connectivity index (χ0n) is 17.6. The number of anilines is 2. The van der Waals surface area contributed by atoms with Gasteiger partial charge >= 0.3 is 0 Å². The largest absolute Gasteiger partial charge is 0.495 e. The molecule has 1 unspecified atom stereocenters. The molecule has 32 heavy (non-hydrogen) atoms. The fourth-order valence-corrected chi connectivity index (χ4v) is 4.41. The molecule has 1 amide bonds. The van der Waals surface area contributed by atoms with Gasteiger partial charge in [0.1, 0.15) is 5.75 Å². The lowest BCUT2D eigenvalue weighted by atomic mass is 9.94. The van der Waals surface area contributed by atoms with E-state index in [1.54, 1.807) is 25.3 Å². The van der Waals surface area contributed by atoms with Crippen molar-refractivity contribution in [3.63, 3.8) is 0 Å². The van der Waals surface area contributed by atoms with E-state index in [0.717, 1.165) is 16.9 Å². The molecule has 2 N–H and O–H groups in total. The maximum atomic E-state index is 13.6. The SMILES string of the molecule is COc1ccccc1NC(=O)C1=C(C)N(c2ccccc2)C(=S)NC1c1ccccc1Cl. The highest BCUT2D eigenvalue weighted by Gasteiger charge is 2.35. The highest BCUT2D eigenvalue weighted by molar-refractivity contribution is 7.80. The normalized spacial score (nSPS) is 15.9. The number of benzene rings is 3. The molecule has 1 aliphatic rings. The van der Waals surface area contributed by atoms with Crippen LogP contribution in [-0.4, -0.2) is 18.1 Å². The van der Waals surface area contributed by atoms with Gasteiger partial charge in [-0.15, -0.1) is 0 Å². The summed E-state index contributed by atoms with van der Waals surface area (Å²) >= 11 is 12.2. The van der Waals surface area contributed by atoms with Crippen LogP contribution in [0.2, 0.25) is 5.02 Å². The van der Waals surface area contributed by atoms with Crippen molar-refractivity contribution in [1.82, 2.24) is 5.32 Å². The van der Waals surface area contributed by atoms with Gasteiger partial charge in [0.2, 0.25) is 0 Å². The summed E-state index contributed by atoms with van der Waals surface area (Å²) in [4.78, 5) is 15.5. The van der Waals surface area contributed by atoms with E-state index in [1.165, 1.54) is 0 Å². The number of allylic oxidation sites excluding steroid dienone is 1. The first kappa shape index (κ1) is 21.9. The van der Waals surface area contributed by atoms with Crippen LogP contribution in [-0.2, 0) is 4.79 Å². The van der Waals surface area contributed by atoms with Gasteiger partial charge in [-0.05, 0) is 55.0 Å². The molecule has 1 aliphatic heterocycles. The number of nitrogens with one attached hydrogen (secondary N) is 2. The van der Waals surface area contributed by atoms with Gasteiger partial charge in [-0.1, -0.05) is 60.1 Å². The average molecular weight is 464 g/mol. The van der Waals surface area contributed by atoms with E-state index in [0.29, 0.717) is 27.1 Å². The van der Waals surface area contributed by atoms with Crippen LogP contribution in [0.1, 0.15) is 18.5 Å². The second-order valence-corrected chi connectivity index (χ2v) is 8.02. The second-order valence-electron chi connectivity index (χ2n) is 7.23. The van der Waals surface area contributed by atoms with E-state index < -0.39 is 6.04 Å². The van der Waals surface area contributed by atoms with Crippen molar-refractivity contribution < 1.29 is 9.53 Å². The van der Waals surface area contributed by atoms with E-state index >= 15 is 0 Å². The van der Waals surface area contributed by atoms with Crippen molar-refractivity contribution in [2.75, 3.05) is 17.3 Å². The molecular formula is C25H22ClN3O2S. The molecule has 0 fully saturated rings. The zero-order chi connectivity index (χ0) is 22.7. The number of halogens is 1. The van der Waals surface area contributed by atoms with Crippen molar-refractivity contribution in [3.8, 4) is 5.75 Å². The lowest BCUT2D eigenvalue weighted by molar-refractivity contribution is -0.113. The molecule has 7 heteroatoms. The highest BCUT2D eigenvalue weighted by atomic mass is 35.5. The number of para-hydroxylation sites is 3. The Morgan fingerprint density at radius 1 is 1.03 bits per heavy atom. The molecular weight excluding hydrogens is 442 g/mol. The van der Waals surface area contributed by atoms with E-state index in [9.17, 15) is 4.79 Å². The van der Waals surface area contributed by atoms with Crippen LogP contribution in [0.3, 0.4) is 0 Å². The molecule has 0 saturated heterocycles. The number of hydrogen-bond acceptors (Lipinski definition) is 3. The van der Waals surface area contributed by atoms with E-state index in [1.807, 2.05) is 72.5 Å². The van der Waals surface area contributed by atoms with Crippen molar-refractivity contribution >= 4 is 46.2 Å². The fourth-order valence-electron chi connectivity index (χ4n) is 3.81. The van der Waals surface area contributed by atoms with Gasteiger partial charge in [-0.3, -0.25) is 9.69 Å². The van der Waals surface area contributed by atoms with Crippen molar-refractivity contribution in [2.45, 2.75) is 13.0 Å². The third-order valence-corrected chi connectivity index (χ3v) is 5.96. The van der Waals surface area contributed by atoms with Crippen molar-refractivity contribution in [2.24, 2.45) is 0 Å². The van der Waals surface area contributed by atoms with Gasteiger partial charge in [-0.2, -0.15) is 0 Å². The van der Waals surface area contributed by atoms with Crippen LogP contribution < -0.4 is 20.3 Å². The minimum Gasteiger partial charge on any atom is -0.495 e. The molecule has 3 aromatic rings. The van der Waals surface area contributed by atoms with E-state index in [-0.39, 0.29) is 5.91 Å². The molecule has 1 heterocycles.